The predicted molar refractivity (Wildman–Crippen MR) is 125 cm³/mol. The number of nitrogens with zero attached hydrogens (tertiary/aromatic N) is 3. The molecule has 0 saturated heterocycles. The van der Waals surface area contributed by atoms with Crippen LogP contribution in [0.3, 0.4) is 0 Å². The third-order valence-electron chi connectivity index (χ3n) is 5.51. The molecule has 0 atom stereocenters. The molecule has 0 aliphatic carbocycles. The summed E-state index contributed by atoms with van der Waals surface area (Å²) < 4.78 is 2.21. The maximum absolute atomic E-state index is 12.3. The van der Waals surface area contributed by atoms with Crippen molar-refractivity contribution in [3.8, 4) is 0 Å². The number of hydrogen-bond donors (Lipinski definition) is 0. The van der Waals surface area contributed by atoms with Crippen molar-refractivity contribution in [2.75, 3.05) is 0 Å². The average Bonchev–Trinajstić information content (AvgIpc) is 2.98. The van der Waals surface area contributed by atoms with Gasteiger partial charge in [-0.1, -0.05) is 76.9 Å². The van der Waals surface area contributed by atoms with Crippen LogP contribution in [0.2, 0.25) is 0 Å². The Hall–Kier alpha value is -2.18. The number of aromatic nitrogens is 3. The predicted octanol–water partition coefficient (Wildman–Crippen LogP) is 5.17. The first-order valence-electron chi connectivity index (χ1n) is 12.0. The zero-order valence-electron chi connectivity index (χ0n) is 19.7. The molecule has 0 aliphatic heterocycles. The molecule has 0 aliphatic rings. The maximum Gasteiger partial charge on any atom is 0.354 e. The lowest BCUT2D eigenvalue weighted by Gasteiger charge is -2.01. The topological polar surface area (TPSA) is 83.1 Å². The second-order valence-corrected chi connectivity index (χ2v) is 8.32. The van der Waals surface area contributed by atoms with E-state index in [4.69, 9.17) is 0 Å². The Morgan fingerprint density at radius 2 is 1.03 bits per heavy atom. The number of carbonyl (C=O) groups excluding carboxylic acids is 2. The molecule has 0 amide bonds. The highest BCUT2D eigenvalue weighted by molar-refractivity contribution is 5.81. The molecule has 7 heteroatoms. The van der Waals surface area contributed by atoms with Crippen LogP contribution in [0.4, 0.5) is 0 Å². The lowest BCUT2D eigenvalue weighted by atomic mass is 10.1. The highest BCUT2D eigenvalue weighted by Crippen LogP contribution is 2.10. The van der Waals surface area contributed by atoms with Gasteiger partial charge in [-0.15, -0.1) is 0 Å². The fourth-order valence-corrected chi connectivity index (χ4v) is 3.74. The molecule has 0 spiro atoms. The molecule has 0 radical (unpaired) electrons. The molecular formula is C24H41N3O4. The van der Waals surface area contributed by atoms with Crippen molar-refractivity contribution in [1.29, 1.82) is 0 Å². The summed E-state index contributed by atoms with van der Waals surface area (Å²) in [5.41, 5.74) is -1.47. The van der Waals surface area contributed by atoms with Gasteiger partial charge in [0.2, 0.25) is 11.8 Å². The zero-order valence-corrected chi connectivity index (χ0v) is 19.7. The highest BCUT2D eigenvalue weighted by Gasteiger charge is 2.20. The molecule has 1 heterocycles. The van der Waals surface area contributed by atoms with Crippen molar-refractivity contribution in [3.05, 3.63) is 33.1 Å². The molecule has 7 nitrogen and oxygen atoms in total. The van der Waals surface area contributed by atoms with Gasteiger partial charge in [-0.2, -0.15) is 9.36 Å². The van der Waals surface area contributed by atoms with Crippen molar-refractivity contribution in [2.24, 2.45) is 0 Å². The summed E-state index contributed by atoms with van der Waals surface area (Å²) in [5.74, 6) is -1.28. The standard InChI is InChI=1S/C24H41N3O4/c1-4-5-6-7-8-9-10-11-12-13-14-15-16-17-18-19-20-25-23(30)26(21(2)28)27(22(3)29)24(25)31/h11-12H,4-10,13-20H2,1-3H3. The van der Waals surface area contributed by atoms with E-state index in [9.17, 15) is 19.2 Å². The number of rotatable bonds is 16. The van der Waals surface area contributed by atoms with Crippen LogP contribution in [0.15, 0.2) is 21.7 Å². The SMILES string of the molecule is CCCCCCCCC=CCCCCCCCCn1c(=O)n(C(C)=O)n(C(C)=O)c1=O. The monoisotopic (exact) mass is 435 g/mol. The van der Waals surface area contributed by atoms with Crippen LogP contribution in [0.5, 0.6) is 0 Å². The molecule has 0 fully saturated rings. The van der Waals surface area contributed by atoms with Gasteiger partial charge in [-0.25, -0.2) is 14.2 Å². The van der Waals surface area contributed by atoms with Gasteiger partial charge in [0.05, 0.1) is 0 Å². The number of hydrogen-bond acceptors (Lipinski definition) is 4. The minimum atomic E-state index is -0.736. The van der Waals surface area contributed by atoms with Gasteiger partial charge in [-0.05, 0) is 32.1 Å². The summed E-state index contributed by atoms with van der Waals surface area (Å²) in [6.07, 6.45) is 21.1. The number of carbonyl (C=O) groups is 2. The van der Waals surface area contributed by atoms with Gasteiger partial charge in [0.15, 0.2) is 0 Å². The molecule has 176 valence electrons. The fraction of sp³-hybridized carbons (Fsp3) is 0.750. The molecule has 0 saturated carbocycles. The van der Waals surface area contributed by atoms with Gasteiger partial charge in [0.25, 0.3) is 0 Å². The minimum Gasteiger partial charge on any atom is -0.273 e. The van der Waals surface area contributed by atoms with Crippen LogP contribution < -0.4 is 11.4 Å². The first-order valence-corrected chi connectivity index (χ1v) is 12.0. The highest BCUT2D eigenvalue weighted by atomic mass is 16.2. The molecule has 31 heavy (non-hydrogen) atoms. The second-order valence-electron chi connectivity index (χ2n) is 8.32. The lowest BCUT2D eigenvalue weighted by Crippen LogP contribution is -2.33. The molecule has 0 unspecified atom stereocenters. The van der Waals surface area contributed by atoms with E-state index in [1.54, 1.807) is 0 Å². The molecule has 0 bridgehead atoms. The van der Waals surface area contributed by atoms with Gasteiger partial charge in [0, 0.05) is 20.4 Å². The summed E-state index contributed by atoms with van der Waals surface area (Å²) in [6, 6.07) is 0. The second kappa shape index (κ2) is 15.6. The average molecular weight is 436 g/mol. The number of unbranched alkanes of at least 4 members (excludes halogenated alkanes) is 12. The van der Waals surface area contributed by atoms with Crippen molar-refractivity contribution >= 4 is 11.8 Å². The first kappa shape index (κ1) is 26.9. The van der Waals surface area contributed by atoms with Crippen LogP contribution in [0, 0.1) is 0 Å². The van der Waals surface area contributed by atoms with E-state index in [0.717, 1.165) is 44.1 Å². The Balaban J connectivity index is 2.16. The van der Waals surface area contributed by atoms with Gasteiger partial charge in [-0.3, -0.25) is 9.59 Å². The normalized spacial score (nSPS) is 11.5. The Morgan fingerprint density at radius 1 is 0.645 bits per heavy atom. The number of allylic oxidation sites excluding steroid dienone is 2. The van der Waals surface area contributed by atoms with Crippen molar-refractivity contribution in [1.82, 2.24) is 13.9 Å². The van der Waals surface area contributed by atoms with Crippen molar-refractivity contribution in [2.45, 2.75) is 117 Å². The Labute approximate surface area is 186 Å². The van der Waals surface area contributed by atoms with Crippen LogP contribution >= 0.6 is 0 Å². The van der Waals surface area contributed by atoms with E-state index < -0.39 is 23.2 Å². The van der Waals surface area contributed by atoms with E-state index in [1.807, 2.05) is 0 Å². The lowest BCUT2D eigenvalue weighted by molar-refractivity contribution is 0.0814. The van der Waals surface area contributed by atoms with Crippen LogP contribution in [0.25, 0.3) is 0 Å². The Kier molecular flexibility index (Phi) is 13.5. The van der Waals surface area contributed by atoms with Gasteiger partial charge < -0.3 is 0 Å². The summed E-state index contributed by atoms with van der Waals surface area (Å²) in [4.78, 5) is 47.8. The minimum absolute atomic E-state index is 0.229. The van der Waals surface area contributed by atoms with E-state index in [1.165, 1.54) is 57.8 Å². The fourth-order valence-electron chi connectivity index (χ4n) is 3.74. The van der Waals surface area contributed by atoms with Crippen LogP contribution in [-0.4, -0.2) is 25.7 Å². The molecule has 1 rings (SSSR count). The van der Waals surface area contributed by atoms with E-state index in [-0.39, 0.29) is 6.54 Å². The van der Waals surface area contributed by atoms with Crippen LogP contribution in [-0.2, 0) is 6.54 Å². The van der Waals surface area contributed by atoms with Crippen molar-refractivity contribution in [3.63, 3.8) is 0 Å². The van der Waals surface area contributed by atoms with E-state index in [0.29, 0.717) is 15.8 Å². The van der Waals surface area contributed by atoms with Gasteiger partial charge >= 0.3 is 11.4 Å². The summed E-state index contributed by atoms with van der Waals surface area (Å²) in [6.45, 7) is 4.80. The molecule has 0 aromatic carbocycles. The Bertz CT molecular complexity index is 768. The van der Waals surface area contributed by atoms with Crippen LogP contribution in [0.1, 0.15) is 120 Å². The molecule has 1 aromatic heterocycles. The first-order chi connectivity index (χ1) is 14.9. The zero-order chi connectivity index (χ0) is 23.1. The van der Waals surface area contributed by atoms with Crippen molar-refractivity contribution < 1.29 is 9.59 Å². The maximum atomic E-state index is 12.3. The van der Waals surface area contributed by atoms with E-state index in [2.05, 4.69) is 19.1 Å². The molecule has 1 aromatic rings. The quantitative estimate of drug-likeness (QED) is 0.265. The smallest absolute Gasteiger partial charge is 0.273 e. The summed E-state index contributed by atoms with van der Waals surface area (Å²) >= 11 is 0. The Morgan fingerprint density at radius 3 is 1.45 bits per heavy atom. The molecular weight excluding hydrogens is 394 g/mol. The largest absolute Gasteiger partial charge is 0.354 e. The summed E-state index contributed by atoms with van der Waals surface area (Å²) in [5, 5.41) is 0. The van der Waals surface area contributed by atoms with Gasteiger partial charge in [0.1, 0.15) is 0 Å². The third-order valence-corrected chi connectivity index (χ3v) is 5.51. The summed E-state index contributed by atoms with van der Waals surface area (Å²) in [7, 11) is 0. The third kappa shape index (κ3) is 9.66. The molecule has 0 N–H and O–H groups in total. The van der Waals surface area contributed by atoms with E-state index >= 15 is 0 Å².